The molecule has 0 radical (unpaired) electrons. The quantitative estimate of drug-likeness (QED) is 0.844. The summed E-state index contributed by atoms with van der Waals surface area (Å²) in [7, 11) is 0. The number of morpholine rings is 1. The van der Waals surface area contributed by atoms with Gasteiger partial charge < -0.3 is 10.1 Å². The molecule has 146 valence electrons. The third-order valence-electron chi connectivity index (χ3n) is 4.90. The Morgan fingerprint density at radius 3 is 2.52 bits per heavy atom. The van der Waals surface area contributed by atoms with E-state index in [1.165, 1.54) is 12.1 Å². The summed E-state index contributed by atoms with van der Waals surface area (Å²) in [6.45, 7) is 9.96. The van der Waals surface area contributed by atoms with Crippen LogP contribution in [0.25, 0.3) is 5.69 Å². The first kappa shape index (κ1) is 19.5. The van der Waals surface area contributed by atoms with Gasteiger partial charge in [-0.05, 0) is 37.1 Å². The maximum Gasteiger partial charge on any atom is 0.254 e. The van der Waals surface area contributed by atoms with Crippen LogP contribution in [0.3, 0.4) is 0 Å². The molecule has 1 fully saturated rings. The summed E-state index contributed by atoms with van der Waals surface area (Å²) in [6.07, 6.45) is 1.59. The van der Waals surface area contributed by atoms with Crippen LogP contribution >= 0.6 is 0 Å². The smallest absolute Gasteiger partial charge is 0.254 e. The highest BCUT2D eigenvalue weighted by Gasteiger charge is 2.22. The van der Waals surface area contributed by atoms with Crippen molar-refractivity contribution >= 4 is 5.91 Å². The molecule has 6 nitrogen and oxygen atoms in total. The van der Waals surface area contributed by atoms with Crippen LogP contribution in [0.2, 0.25) is 0 Å². The fourth-order valence-electron chi connectivity index (χ4n) is 3.36. The van der Waals surface area contributed by atoms with Gasteiger partial charge in [-0.2, -0.15) is 5.10 Å². The van der Waals surface area contributed by atoms with E-state index in [0.717, 1.165) is 37.7 Å². The molecule has 7 heteroatoms. The minimum absolute atomic E-state index is 0.0926. The lowest BCUT2D eigenvalue weighted by atomic mass is 10.0. The van der Waals surface area contributed by atoms with Gasteiger partial charge in [0.15, 0.2) is 0 Å². The second kappa shape index (κ2) is 8.63. The molecule has 1 aromatic heterocycles. The molecular formula is C20H27FN4O2. The summed E-state index contributed by atoms with van der Waals surface area (Å²) in [6, 6.07) is 6.36. The van der Waals surface area contributed by atoms with Crippen LogP contribution in [0.1, 0.15) is 42.7 Å². The Labute approximate surface area is 159 Å². The third kappa shape index (κ3) is 4.54. The van der Waals surface area contributed by atoms with Gasteiger partial charge in [0, 0.05) is 25.7 Å². The monoisotopic (exact) mass is 374 g/mol. The number of nitrogens with zero attached hydrogens (tertiary/aromatic N) is 3. The van der Waals surface area contributed by atoms with Gasteiger partial charge in [-0.1, -0.05) is 13.8 Å². The van der Waals surface area contributed by atoms with E-state index in [2.05, 4.69) is 22.2 Å². The highest BCUT2D eigenvalue weighted by molar-refractivity contribution is 5.95. The summed E-state index contributed by atoms with van der Waals surface area (Å²) in [5.74, 6) is -0.339. The van der Waals surface area contributed by atoms with Crippen molar-refractivity contribution in [2.24, 2.45) is 0 Å². The Kier molecular flexibility index (Phi) is 6.23. The van der Waals surface area contributed by atoms with Gasteiger partial charge in [-0.25, -0.2) is 9.07 Å². The summed E-state index contributed by atoms with van der Waals surface area (Å²) >= 11 is 0. The predicted octanol–water partition coefficient (Wildman–Crippen LogP) is 2.59. The minimum atomic E-state index is -0.299. The van der Waals surface area contributed by atoms with Crippen molar-refractivity contribution < 1.29 is 13.9 Å². The third-order valence-corrected chi connectivity index (χ3v) is 4.90. The first-order valence-electron chi connectivity index (χ1n) is 9.41. The molecule has 2 heterocycles. The van der Waals surface area contributed by atoms with Gasteiger partial charge in [0.25, 0.3) is 5.91 Å². The number of carbonyl (C=O) groups excluding carboxylic acids is 1. The summed E-state index contributed by atoms with van der Waals surface area (Å²) in [4.78, 5) is 15.1. The van der Waals surface area contributed by atoms with Gasteiger partial charge in [0.2, 0.25) is 0 Å². The highest BCUT2D eigenvalue weighted by atomic mass is 19.1. The zero-order valence-electron chi connectivity index (χ0n) is 16.1. The molecule has 0 saturated carbocycles. The van der Waals surface area contributed by atoms with Crippen molar-refractivity contribution in [1.29, 1.82) is 0 Å². The molecule has 1 aliphatic rings. The average Bonchev–Trinajstić information content (AvgIpc) is 3.12. The molecule has 27 heavy (non-hydrogen) atoms. The van der Waals surface area contributed by atoms with Crippen LogP contribution in [0.15, 0.2) is 30.5 Å². The van der Waals surface area contributed by atoms with Crippen molar-refractivity contribution in [3.05, 3.63) is 47.5 Å². The SMILES string of the molecule is CC(C)c1c(C(=O)NCC(C)N2CCOCC2)cnn1-c1ccc(F)cc1. The zero-order valence-corrected chi connectivity index (χ0v) is 16.1. The molecule has 1 aromatic carbocycles. The topological polar surface area (TPSA) is 59.4 Å². The van der Waals surface area contributed by atoms with Crippen molar-refractivity contribution in [1.82, 2.24) is 20.0 Å². The molecule has 0 aliphatic carbocycles. The minimum Gasteiger partial charge on any atom is -0.379 e. The lowest BCUT2D eigenvalue weighted by Gasteiger charge is -2.32. The van der Waals surface area contributed by atoms with Crippen molar-refractivity contribution in [2.45, 2.75) is 32.7 Å². The molecule has 2 aromatic rings. The van der Waals surface area contributed by atoms with E-state index >= 15 is 0 Å². The van der Waals surface area contributed by atoms with Crippen LogP contribution in [-0.2, 0) is 4.74 Å². The number of hydrogen-bond donors (Lipinski definition) is 1. The number of aromatic nitrogens is 2. The molecule has 1 saturated heterocycles. The first-order valence-corrected chi connectivity index (χ1v) is 9.41. The van der Waals surface area contributed by atoms with E-state index in [1.54, 1.807) is 23.0 Å². The molecule has 1 amide bonds. The van der Waals surface area contributed by atoms with Crippen LogP contribution in [-0.4, -0.2) is 59.5 Å². The molecule has 3 rings (SSSR count). The van der Waals surface area contributed by atoms with Crippen molar-refractivity contribution in [3.63, 3.8) is 0 Å². The van der Waals surface area contributed by atoms with Crippen molar-refractivity contribution in [2.75, 3.05) is 32.8 Å². The van der Waals surface area contributed by atoms with Crippen LogP contribution in [0, 0.1) is 5.82 Å². The van der Waals surface area contributed by atoms with Crippen LogP contribution in [0.5, 0.6) is 0 Å². The summed E-state index contributed by atoms with van der Waals surface area (Å²) in [5.41, 5.74) is 2.11. The van der Waals surface area contributed by atoms with Gasteiger partial charge in [-0.3, -0.25) is 9.69 Å². The molecule has 1 atom stereocenters. The van der Waals surface area contributed by atoms with Crippen LogP contribution < -0.4 is 5.32 Å². The number of amides is 1. The second-order valence-electron chi connectivity index (χ2n) is 7.19. The van der Waals surface area contributed by atoms with E-state index in [1.807, 2.05) is 13.8 Å². The Hall–Kier alpha value is -2.25. The van der Waals surface area contributed by atoms with E-state index in [0.29, 0.717) is 12.1 Å². The van der Waals surface area contributed by atoms with E-state index in [9.17, 15) is 9.18 Å². The Morgan fingerprint density at radius 1 is 1.22 bits per heavy atom. The molecule has 0 bridgehead atoms. The van der Waals surface area contributed by atoms with Crippen molar-refractivity contribution in [3.8, 4) is 5.69 Å². The first-order chi connectivity index (χ1) is 13.0. The van der Waals surface area contributed by atoms with Gasteiger partial charge >= 0.3 is 0 Å². The average molecular weight is 374 g/mol. The maximum absolute atomic E-state index is 13.2. The molecular weight excluding hydrogens is 347 g/mol. The Bertz CT molecular complexity index is 767. The number of hydrogen-bond acceptors (Lipinski definition) is 4. The Morgan fingerprint density at radius 2 is 1.89 bits per heavy atom. The number of ether oxygens (including phenoxy) is 1. The second-order valence-corrected chi connectivity index (χ2v) is 7.19. The van der Waals surface area contributed by atoms with Crippen LogP contribution in [0.4, 0.5) is 4.39 Å². The zero-order chi connectivity index (χ0) is 19.4. The summed E-state index contributed by atoms with van der Waals surface area (Å²) in [5, 5.41) is 7.41. The lowest BCUT2D eigenvalue weighted by Crippen LogP contribution is -2.47. The van der Waals surface area contributed by atoms with Gasteiger partial charge in [0.05, 0.1) is 36.4 Å². The molecule has 1 N–H and O–H groups in total. The number of halogens is 1. The van der Waals surface area contributed by atoms with Gasteiger partial charge in [-0.15, -0.1) is 0 Å². The number of carbonyl (C=O) groups is 1. The van der Waals surface area contributed by atoms with Gasteiger partial charge in [0.1, 0.15) is 5.82 Å². The normalized spacial score (nSPS) is 16.5. The lowest BCUT2D eigenvalue weighted by molar-refractivity contribution is 0.0204. The van der Waals surface area contributed by atoms with E-state index in [4.69, 9.17) is 4.74 Å². The molecule has 1 unspecified atom stereocenters. The standard InChI is InChI=1S/C20H27FN4O2/c1-14(2)19-18(13-23-25(19)17-6-4-16(21)5-7-17)20(26)22-12-15(3)24-8-10-27-11-9-24/h4-7,13-15H,8-12H2,1-3H3,(H,22,26). The number of rotatable bonds is 6. The fraction of sp³-hybridized carbons (Fsp3) is 0.500. The van der Waals surface area contributed by atoms with E-state index < -0.39 is 0 Å². The highest BCUT2D eigenvalue weighted by Crippen LogP contribution is 2.23. The van der Waals surface area contributed by atoms with E-state index in [-0.39, 0.29) is 23.7 Å². The number of nitrogens with one attached hydrogen (secondary N) is 1. The fourth-order valence-corrected chi connectivity index (χ4v) is 3.36. The number of benzene rings is 1. The predicted molar refractivity (Wildman–Crippen MR) is 102 cm³/mol. The molecule has 0 spiro atoms. The maximum atomic E-state index is 13.2. The Balaban J connectivity index is 1.73. The summed E-state index contributed by atoms with van der Waals surface area (Å²) < 4.78 is 20.3. The molecule has 1 aliphatic heterocycles. The largest absolute Gasteiger partial charge is 0.379 e.